The summed E-state index contributed by atoms with van der Waals surface area (Å²) in [5.74, 6) is -0.432. The van der Waals surface area contributed by atoms with Gasteiger partial charge in [0, 0.05) is 12.1 Å². The number of nitrogens with two attached hydrogens (primary N) is 1. The molecular formula is C11H20N2O2. The number of rotatable bonds is 4. The highest BCUT2D eigenvalue weighted by Crippen LogP contribution is 2.28. The molecule has 1 aliphatic rings. The molecule has 0 aromatic heterocycles. The molecule has 0 aromatic rings. The number of carbonyl (C=O) groups excluding carboxylic acids is 2. The molecule has 0 spiro atoms. The van der Waals surface area contributed by atoms with Gasteiger partial charge < -0.3 is 10.6 Å². The second-order valence-corrected chi connectivity index (χ2v) is 4.51. The Bertz CT molecular complexity index is 239. The molecule has 86 valence electrons. The summed E-state index contributed by atoms with van der Waals surface area (Å²) in [6.07, 6.45) is 4.67. The summed E-state index contributed by atoms with van der Waals surface area (Å²) in [6, 6.07) is 0.140. The first-order chi connectivity index (χ1) is 7.07. The van der Waals surface area contributed by atoms with E-state index in [9.17, 15) is 9.59 Å². The predicted molar refractivity (Wildman–Crippen MR) is 58.0 cm³/mol. The molecule has 0 heterocycles. The third kappa shape index (κ3) is 2.70. The van der Waals surface area contributed by atoms with Crippen molar-refractivity contribution in [1.29, 1.82) is 0 Å². The van der Waals surface area contributed by atoms with Crippen LogP contribution in [-0.2, 0) is 9.59 Å². The van der Waals surface area contributed by atoms with Crippen molar-refractivity contribution in [2.45, 2.75) is 51.6 Å². The van der Waals surface area contributed by atoms with E-state index in [-0.39, 0.29) is 23.9 Å². The van der Waals surface area contributed by atoms with Crippen molar-refractivity contribution < 1.29 is 9.59 Å². The summed E-state index contributed by atoms with van der Waals surface area (Å²) in [6.45, 7) is 3.92. The lowest BCUT2D eigenvalue weighted by Crippen LogP contribution is -2.49. The molecule has 15 heavy (non-hydrogen) atoms. The van der Waals surface area contributed by atoms with Gasteiger partial charge in [0.1, 0.15) is 0 Å². The van der Waals surface area contributed by atoms with Crippen LogP contribution in [0.15, 0.2) is 0 Å². The summed E-state index contributed by atoms with van der Waals surface area (Å²) in [5, 5.41) is 0. The van der Waals surface area contributed by atoms with Crippen LogP contribution in [-0.4, -0.2) is 29.3 Å². The van der Waals surface area contributed by atoms with Gasteiger partial charge in [-0.2, -0.15) is 0 Å². The van der Waals surface area contributed by atoms with Crippen LogP contribution in [0.3, 0.4) is 0 Å². The second-order valence-electron chi connectivity index (χ2n) is 4.51. The van der Waals surface area contributed by atoms with Gasteiger partial charge in [-0.1, -0.05) is 12.8 Å². The minimum Gasteiger partial charge on any atom is -0.369 e. The molecule has 0 aromatic carbocycles. The summed E-state index contributed by atoms with van der Waals surface area (Å²) in [5.41, 5.74) is 5.37. The maximum atomic E-state index is 11.3. The van der Waals surface area contributed by atoms with Crippen molar-refractivity contribution >= 4 is 12.3 Å². The zero-order chi connectivity index (χ0) is 11.4. The van der Waals surface area contributed by atoms with E-state index < -0.39 is 0 Å². The lowest BCUT2D eigenvalue weighted by molar-refractivity contribution is -0.130. The monoisotopic (exact) mass is 212 g/mol. The SMILES string of the molecule is CC(C)N(C=O)C1CCCCC1C(N)=O. The Kier molecular flexibility index (Phi) is 4.12. The average molecular weight is 212 g/mol. The van der Waals surface area contributed by atoms with E-state index in [4.69, 9.17) is 5.73 Å². The smallest absolute Gasteiger partial charge is 0.222 e. The maximum absolute atomic E-state index is 11.3. The van der Waals surface area contributed by atoms with Gasteiger partial charge in [-0.05, 0) is 26.7 Å². The number of amides is 2. The van der Waals surface area contributed by atoms with E-state index in [2.05, 4.69) is 0 Å². The molecule has 2 atom stereocenters. The molecule has 2 amide bonds. The van der Waals surface area contributed by atoms with Gasteiger partial charge >= 0.3 is 0 Å². The minimum atomic E-state index is -0.271. The normalized spacial score (nSPS) is 26.3. The van der Waals surface area contributed by atoms with Gasteiger partial charge in [-0.15, -0.1) is 0 Å². The first-order valence-corrected chi connectivity index (χ1v) is 5.60. The molecule has 4 heteroatoms. The number of nitrogens with zero attached hydrogens (tertiary/aromatic N) is 1. The molecule has 0 radical (unpaired) electrons. The molecule has 0 bridgehead atoms. The Morgan fingerprint density at radius 3 is 2.47 bits per heavy atom. The topological polar surface area (TPSA) is 63.4 Å². The van der Waals surface area contributed by atoms with E-state index in [1.165, 1.54) is 0 Å². The molecule has 2 unspecified atom stereocenters. The largest absolute Gasteiger partial charge is 0.369 e. The molecule has 1 aliphatic carbocycles. The Hall–Kier alpha value is -1.06. The van der Waals surface area contributed by atoms with Gasteiger partial charge in [0.05, 0.1) is 5.92 Å². The Balaban J connectivity index is 2.78. The molecule has 1 saturated carbocycles. The Morgan fingerprint density at radius 2 is 2.00 bits per heavy atom. The lowest BCUT2D eigenvalue weighted by atomic mass is 9.83. The minimum absolute atomic E-state index is 0.00810. The van der Waals surface area contributed by atoms with E-state index in [1.807, 2.05) is 13.8 Å². The quantitative estimate of drug-likeness (QED) is 0.704. The molecule has 1 fully saturated rings. The van der Waals surface area contributed by atoms with Gasteiger partial charge in [0.15, 0.2) is 0 Å². The number of primary amides is 1. The van der Waals surface area contributed by atoms with E-state index in [1.54, 1.807) is 4.90 Å². The standard InChI is InChI=1S/C11H20N2O2/c1-8(2)13(7-14)10-6-4-3-5-9(10)11(12)15/h7-10H,3-6H2,1-2H3,(H2,12,15). The Morgan fingerprint density at radius 1 is 1.40 bits per heavy atom. The third-order valence-corrected chi connectivity index (χ3v) is 3.20. The number of hydrogen-bond donors (Lipinski definition) is 1. The molecule has 2 N–H and O–H groups in total. The summed E-state index contributed by atoms with van der Waals surface area (Å²) < 4.78 is 0. The average Bonchev–Trinajstić information content (AvgIpc) is 2.18. The van der Waals surface area contributed by atoms with Crippen molar-refractivity contribution in [3.63, 3.8) is 0 Å². The zero-order valence-corrected chi connectivity index (χ0v) is 9.48. The van der Waals surface area contributed by atoms with Crippen molar-refractivity contribution in [2.75, 3.05) is 0 Å². The number of carbonyl (C=O) groups is 2. The van der Waals surface area contributed by atoms with Crippen LogP contribution in [0.4, 0.5) is 0 Å². The Labute approximate surface area is 90.8 Å². The lowest BCUT2D eigenvalue weighted by Gasteiger charge is -2.38. The van der Waals surface area contributed by atoms with Crippen LogP contribution in [0.25, 0.3) is 0 Å². The highest BCUT2D eigenvalue weighted by molar-refractivity contribution is 5.78. The maximum Gasteiger partial charge on any atom is 0.222 e. The van der Waals surface area contributed by atoms with Crippen molar-refractivity contribution in [1.82, 2.24) is 4.90 Å². The summed E-state index contributed by atoms with van der Waals surface area (Å²) in [4.78, 5) is 24.0. The van der Waals surface area contributed by atoms with Crippen LogP contribution in [0.5, 0.6) is 0 Å². The molecule has 0 saturated heterocycles. The summed E-state index contributed by atoms with van der Waals surface area (Å²) in [7, 11) is 0. The van der Waals surface area contributed by atoms with E-state index >= 15 is 0 Å². The van der Waals surface area contributed by atoms with Crippen LogP contribution in [0.2, 0.25) is 0 Å². The second kappa shape index (κ2) is 5.14. The van der Waals surface area contributed by atoms with Crippen LogP contribution >= 0.6 is 0 Å². The van der Waals surface area contributed by atoms with Gasteiger partial charge in [-0.25, -0.2) is 0 Å². The molecule has 1 rings (SSSR count). The first kappa shape index (κ1) is 12.0. The molecule has 0 aliphatic heterocycles. The van der Waals surface area contributed by atoms with Crippen molar-refractivity contribution in [2.24, 2.45) is 11.7 Å². The first-order valence-electron chi connectivity index (χ1n) is 5.60. The van der Waals surface area contributed by atoms with E-state index in [0.29, 0.717) is 0 Å². The van der Waals surface area contributed by atoms with Gasteiger partial charge in [0.2, 0.25) is 12.3 Å². The fourth-order valence-corrected chi connectivity index (χ4v) is 2.38. The third-order valence-electron chi connectivity index (χ3n) is 3.20. The van der Waals surface area contributed by atoms with Crippen molar-refractivity contribution in [3.05, 3.63) is 0 Å². The fraction of sp³-hybridized carbons (Fsp3) is 0.818. The summed E-state index contributed by atoms with van der Waals surface area (Å²) >= 11 is 0. The molecular weight excluding hydrogens is 192 g/mol. The predicted octanol–water partition coefficient (Wildman–Crippen LogP) is 0.897. The van der Waals surface area contributed by atoms with E-state index in [0.717, 1.165) is 32.1 Å². The zero-order valence-electron chi connectivity index (χ0n) is 9.48. The van der Waals surface area contributed by atoms with Crippen LogP contribution < -0.4 is 5.73 Å². The number of hydrogen-bond acceptors (Lipinski definition) is 2. The van der Waals surface area contributed by atoms with Crippen LogP contribution in [0.1, 0.15) is 39.5 Å². The van der Waals surface area contributed by atoms with Gasteiger partial charge in [-0.3, -0.25) is 9.59 Å². The highest BCUT2D eigenvalue weighted by atomic mass is 16.1. The van der Waals surface area contributed by atoms with Crippen molar-refractivity contribution in [3.8, 4) is 0 Å². The highest BCUT2D eigenvalue weighted by Gasteiger charge is 2.34. The molecule has 4 nitrogen and oxygen atoms in total. The fourth-order valence-electron chi connectivity index (χ4n) is 2.38. The van der Waals surface area contributed by atoms with Crippen LogP contribution in [0, 0.1) is 5.92 Å². The van der Waals surface area contributed by atoms with Gasteiger partial charge in [0.25, 0.3) is 0 Å².